The normalized spacial score (nSPS) is 10.3. The van der Waals surface area contributed by atoms with Gasteiger partial charge >= 0.3 is 0 Å². The summed E-state index contributed by atoms with van der Waals surface area (Å²) in [7, 11) is 1.53. The molecule has 0 aromatic heterocycles. The molecule has 19 heavy (non-hydrogen) atoms. The number of para-hydroxylation sites is 2. The van der Waals surface area contributed by atoms with Crippen LogP contribution in [0.25, 0.3) is 0 Å². The number of phenolic OH excluding ortho intramolecular Hbond substituents is 1. The van der Waals surface area contributed by atoms with Gasteiger partial charge in [0.05, 0.1) is 17.8 Å². The molecule has 2 aromatic carbocycles. The fraction of sp³-hybridized carbons (Fsp3) is 0.200. The van der Waals surface area contributed by atoms with Gasteiger partial charge in [0.1, 0.15) is 0 Å². The Balaban J connectivity index is 2.19. The Kier molecular flexibility index (Phi) is 4.17. The van der Waals surface area contributed by atoms with E-state index >= 15 is 0 Å². The van der Waals surface area contributed by atoms with Crippen molar-refractivity contribution < 1.29 is 9.84 Å². The number of aryl methyl sites for hydroxylation is 1. The zero-order valence-electron chi connectivity index (χ0n) is 10.9. The molecule has 2 N–H and O–H groups in total. The Morgan fingerprint density at radius 3 is 2.63 bits per heavy atom. The Bertz CT molecular complexity index is 564. The molecule has 0 radical (unpaired) electrons. The number of methoxy groups -OCH3 is 1. The zero-order valence-corrected chi connectivity index (χ0v) is 11.7. The van der Waals surface area contributed by atoms with Gasteiger partial charge in [0.15, 0.2) is 11.5 Å². The Hall–Kier alpha value is -1.87. The van der Waals surface area contributed by atoms with Crippen molar-refractivity contribution in [2.45, 2.75) is 13.5 Å². The molecular weight excluding hydrogens is 262 g/mol. The van der Waals surface area contributed by atoms with E-state index < -0.39 is 0 Å². The van der Waals surface area contributed by atoms with Crippen LogP contribution in [0.3, 0.4) is 0 Å². The van der Waals surface area contributed by atoms with Crippen LogP contribution >= 0.6 is 11.6 Å². The van der Waals surface area contributed by atoms with Crippen molar-refractivity contribution in [3.8, 4) is 11.5 Å². The fourth-order valence-corrected chi connectivity index (χ4v) is 2.20. The number of nitrogens with one attached hydrogen (secondary N) is 1. The molecule has 0 bridgehead atoms. The monoisotopic (exact) mass is 277 g/mol. The summed E-state index contributed by atoms with van der Waals surface area (Å²) in [5.41, 5.74) is 2.71. The quantitative estimate of drug-likeness (QED) is 0.888. The van der Waals surface area contributed by atoms with E-state index in [0.29, 0.717) is 17.3 Å². The summed E-state index contributed by atoms with van der Waals surface area (Å²) in [5, 5.41) is 13.9. The summed E-state index contributed by atoms with van der Waals surface area (Å²) in [6.45, 7) is 2.47. The predicted octanol–water partition coefficient (Wildman–Crippen LogP) is 3.97. The van der Waals surface area contributed by atoms with Crippen molar-refractivity contribution in [2.24, 2.45) is 0 Å². The molecule has 4 heteroatoms. The van der Waals surface area contributed by atoms with Gasteiger partial charge in [-0.2, -0.15) is 0 Å². The molecule has 0 heterocycles. The first-order valence-electron chi connectivity index (χ1n) is 5.97. The lowest BCUT2D eigenvalue weighted by Crippen LogP contribution is -2.02. The number of hydrogen-bond donors (Lipinski definition) is 2. The molecule has 0 fully saturated rings. The van der Waals surface area contributed by atoms with Crippen LogP contribution in [0.5, 0.6) is 11.5 Å². The summed E-state index contributed by atoms with van der Waals surface area (Å²) in [6.07, 6.45) is 0. The summed E-state index contributed by atoms with van der Waals surface area (Å²) in [4.78, 5) is 0. The molecule has 0 aliphatic carbocycles. The molecule has 100 valence electrons. The molecule has 0 unspecified atom stereocenters. The van der Waals surface area contributed by atoms with Crippen molar-refractivity contribution in [3.05, 3.63) is 52.5 Å². The summed E-state index contributed by atoms with van der Waals surface area (Å²) in [5.74, 6) is 0.623. The van der Waals surface area contributed by atoms with E-state index in [-0.39, 0.29) is 5.75 Å². The average molecular weight is 278 g/mol. The number of ether oxygens (including phenoxy) is 1. The van der Waals surface area contributed by atoms with Crippen LogP contribution in [-0.4, -0.2) is 12.2 Å². The third-order valence-electron chi connectivity index (χ3n) is 2.98. The van der Waals surface area contributed by atoms with Crippen LogP contribution in [0.15, 0.2) is 36.4 Å². The van der Waals surface area contributed by atoms with Gasteiger partial charge < -0.3 is 15.2 Å². The number of rotatable bonds is 4. The molecule has 0 aliphatic heterocycles. The molecule has 0 saturated heterocycles. The second kappa shape index (κ2) is 5.85. The number of aromatic hydroxyl groups is 1. The lowest BCUT2D eigenvalue weighted by molar-refractivity contribution is 0.371. The molecule has 0 atom stereocenters. The second-order valence-corrected chi connectivity index (χ2v) is 4.66. The van der Waals surface area contributed by atoms with E-state index in [1.807, 2.05) is 37.3 Å². The summed E-state index contributed by atoms with van der Waals surface area (Å²) in [6, 6.07) is 11.1. The Morgan fingerprint density at radius 1 is 1.21 bits per heavy atom. The van der Waals surface area contributed by atoms with Crippen LogP contribution in [0, 0.1) is 6.92 Å². The van der Waals surface area contributed by atoms with E-state index in [4.69, 9.17) is 16.3 Å². The maximum Gasteiger partial charge on any atom is 0.162 e. The molecule has 0 amide bonds. The minimum atomic E-state index is 0.155. The van der Waals surface area contributed by atoms with E-state index in [9.17, 15) is 5.11 Å². The van der Waals surface area contributed by atoms with Gasteiger partial charge in [-0.3, -0.25) is 0 Å². The topological polar surface area (TPSA) is 41.5 Å². The molecule has 0 saturated carbocycles. The van der Waals surface area contributed by atoms with Gasteiger partial charge in [0, 0.05) is 12.1 Å². The van der Waals surface area contributed by atoms with E-state index in [1.165, 1.54) is 7.11 Å². The smallest absolute Gasteiger partial charge is 0.162 e. The maximum atomic E-state index is 10.0. The van der Waals surface area contributed by atoms with E-state index in [1.54, 1.807) is 6.07 Å². The van der Waals surface area contributed by atoms with Gasteiger partial charge in [-0.05, 0) is 24.6 Å². The SMILES string of the molecule is COc1cccc(CNc2c(C)cccc2Cl)c1O. The summed E-state index contributed by atoms with van der Waals surface area (Å²) >= 11 is 6.14. The average Bonchev–Trinajstić information content (AvgIpc) is 2.40. The van der Waals surface area contributed by atoms with Crippen molar-refractivity contribution in [1.29, 1.82) is 0 Å². The van der Waals surface area contributed by atoms with Gasteiger partial charge in [-0.15, -0.1) is 0 Å². The fourth-order valence-electron chi connectivity index (χ4n) is 1.91. The molecule has 3 nitrogen and oxygen atoms in total. The molecule has 2 aromatic rings. The number of phenols is 1. The highest BCUT2D eigenvalue weighted by atomic mass is 35.5. The third kappa shape index (κ3) is 2.93. The first kappa shape index (κ1) is 13.6. The number of hydrogen-bond acceptors (Lipinski definition) is 3. The van der Waals surface area contributed by atoms with Crippen LogP contribution in [0.2, 0.25) is 5.02 Å². The highest BCUT2D eigenvalue weighted by Crippen LogP contribution is 2.31. The summed E-state index contributed by atoms with van der Waals surface area (Å²) < 4.78 is 5.08. The highest BCUT2D eigenvalue weighted by molar-refractivity contribution is 6.33. The van der Waals surface area contributed by atoms with E-state index in [0.717, 1.165) is 16.8 Å². The number of halogens is 1. The number of benzene rings is 2. The molecule has 0 spiro atoms. The van der Waals surface area contributed by atoms with Crippen molar-refractivity contribution in [2.75, 3.05) is 12.4 Å². The van der Waals surface area contributed by atoms with Crippen LogP contribution in [0.1, 0.15) is 11.1 Å². The van der Waals surface area contributed by atoms with Crippen LogP contribution in [0.4, 0.5) is 5.69 Å². The standard InChI is InChI=1S/C15H16ClNO2/c1-10-5-3-7-12(16)14(10)17-9-11-6-4-8-13(19-2)15(11)18/h3-8,17-18H,9H2,1-2H3. The van der Waals surface area contributed by atoms with Crippen molar-refractivity contribution in [3.63, 3.8) is 0 Å². The lowest BCUT2D eigenvalue weighted by atomic mass is 10.1. The number of anilines is 1. The molecular formula is C15H16ClNO2. The maximum absolute atomic E-state index is 10.0. The Labute approximate surface area is 117 Å². The van der Waals surface area contributed by atoms with E-state index in [2.05, 4.69) is 5.32 Å². The minimum Gasteiger partial charge on any atom is -0.504 e. The highest BCUT2D eigenvalue weighted by Gasteiger charge is 2.08. The first-order valence-corrected chi connectivity index (χ1v) is 6.35. The zero-order chi connectivity index (χ0) is 13.8. The van der Waals surface area contributed by atoms with Crippen molar-refractivity contribution in [1.82, 2.24) is 0 Å². The lowest BCUT2D eigenvalue weighted by Gasteiger charge is -2.13. The van der Waals surface area contributed by atoms with Gasteiger partial charge in [-0.1, -0.05) is 35.9 Å². The third-order valence-corrected chi connectivity index (χ3v) is 3.30. The largest absolute Gasteiger partial charge is 0.504 e. The predicted molar refractivity (Wildman–Crippen MR) is 78.2 cm³/mol. The van der Waals surface area contributed by atoms with Gasteiger partial charge in [0.2, 0.25) is 0 Å². The minimum absolute atomic E-state index is 0.155. The van der Waals surface area contributed by atoms with Crippen LogP contribution < -0.4 is 10.1 Å². The van der Waals surface area contributed by atoms with Crippen molar-refractivity contribution >= 4 is 17.3 Å². The van der Waals surface area contributed by atoms with Crippen LogP contribution in [-0.2, 0) is 6.54 Å². The molecule has 0 aliphatic rings. The van der Waals surface area contributed by atoms with Gasteiger partial charge in [-0.25, -0.2) is 0 Å². The van der Waals surface area contributed by atoms with Gasteiger partial charge in [0.25, 0.3) is 0 Å². The Morgan fingerprint density at radius 2 is 1.95 bits per heavy atom. The second-order valence-electron chi connectivity index (χ2n) is 4.25. The first-order chi connectivity index (χ1) is 9.13. The molecule has 2 rings (SSSR count).